The molecule has 72 valence electrons. The van der Waals surface area contributed by atoms with Crippen molar-refractivity contribution in [3.8, 4) is 0 Å². The van der Waals surface area contributed by atoms with Gasteiger partial charge < -0.3 is 10.7 Å². The molecule has 5 nitrogen and oxygen atoms in total. The number of amidine groups is 1. The van der Waals surface area contributed by atoms with Gasteiger partial charge in [-0.3, -0.25) is 9.98 Å². The quantitative estimate of drug-likeness (QED) is 0.441. The number of hydrogen-bond acceptors (Lipinski definition) is 2. The summed E-state index contributed by atoms with van der Waals surface area (Å²) in [4.78, 5) is 13.9. The number of aryl methyl sites for hydroxylation is 1. The van der Waals surface area contributed by atoms with Crippen LogP contribution in [0.5, 0.6) is 0 Å². The summed E-state index contributed by atoms with van der Waals surface area (Å²) in [5.74, 6) is 0.000508. The Morgan fingerprint density at radius 2 is 2.29 bits per heavy atom. The number of hydrogen-bond donors (Lipinski definition) is 3. The Morgan fingerprint density at radius 1 is 1.57 bits per heavy atom. The van der Waals surface area contributed by atoms with Gasteiger partial charge in [-0.15, -0.1) is 0 Å². The van der Waals surface area contributed by atoms with Crippen LogP contribution in [0, 0.1) is 5.41 Å². The maximum absolute atomic E-state index is 11.2. The first-order valence-corrected chi connectivity index (χ1v) is 4.13. The predicted molar refractivity (Wildman–Crippen MR) is 54.6 cm³/mol. The molecule has 0 spiro atoms. The summed E-state index contributed by atoms with van der Waals surface area (Å²) >= 11 is 0. The highest BCUT2D eigenvalue weighted by atomic mass is 16.1. The van der Waals surface area contributed by atoms with E-state index >= 15 is 0 Å². The number of benzene rings is 1. The SMILES string of the molecule is Cn1c(=O)[nH]c2ccc(C(=N)N)cc21. The summed E-state index contributed by atoms with van der Waals surface area (Å²) in [7, 11) is 1.67. The van der Waals surface area contributed by atoms with Crippen LogP contribution in [0.2, 0.25) is 0 Å². The van der Waals surface area contributed by atoms with Crippen molar-refractivity contribution in [1.82, 2.24) is 9.55 Å². The molecule has 5 heteroatoms. The lowest BCUT2D eigenvalue weighted by atomic mass is 10.2. The topological polar surface area (TPSA) is 87.7 Å². The second-order valence-corrected chi connectivity index (χ2v) is 3.13. The molecule has 2 aromatic rings. The van der Waals surface area contributed by atoms with E-state index < -0.39 is 0 Å². The van der Waals surface area contributed by atoms with Crippen molar-refractivity contribution in [1.29, 1.82) is 5.41 Å². The molecule has 0 aliphatic heterocycles. The highest BCUT2D eigenvalue weighted by Crippen LogP contribution is 2.11. The minimum Gasteiger partial charge on any atom is -0.384 e. The van der Waals surface area contributed by atoms with Crippen LogP contribution in [-0.2, 0) is 7.05 Å². The van der Waals surface area contributed by atoms with Crippen molar-refractivity contribution in [2.45, 2.75) is 0 Å². The van der Waals surface area contributed by atoms with E-state index in [9.17, 15) is 4.79 Å². The monoisotopic (exact) mass is 190 g/mol. The van der Waals surface area contributed by atoms with Crippen molar-refractivity contribution in [2.24, 2.45) is 12.8 Å². The van der Waals surface area contributed by atoms with E-state index in [1.165, 1.54) is 4.57 Å². The first-order chi connectivity index (χ1) is 6.59. The fourth-order valence-electron chi connectivity index (χ4n) is 1.39. The van der Waals surface area contributed by atoms with E-state index in [0.29, 0.717) is 5.56 Å². The second kappa shape index (κ2) is 2.73. The van der Waals surface area contributed by atoms with Crippen LogP contribution in [0.25, 0.3) is 11.0 Å². The van der Waals surface area contributed by atoms with Gasteiger partial charge in [0.25, 0.3) is 0 Å². The average Bonchev–Trinajstić information content (AvgIpc) is 2.43. The van der Waals surface area contributed by atoms with Gasteiger partial charge in [-0.25, -0.2) is 4.79 Å². The molecule has 0 saturated carbocycles. The molecule has 2 rings (SSSR count). The normalized spacial score (nSPS) is 10.6. The number of H-pyrrole nitrogens is 1. The molecule has 1 aromatic heterocycles. The molecular formula is C9H10N4O. The third-order valence-corrected chi connectivity index (χ3v) is 2.22. The van der Waals surface area contributed by atoms with E-state index in [4.69, 9.17) is 11.1 Å². The Hall–Kier alpha value is -2.04. The fraction of sp³-hybridized carbons (Fsp3) is 0.111. The van der Waals surface area contributed by atoms with E-state index in [2.05, 4.69) is 4.98 Å². The number of fused-ring (bicyclic) bond motifs is 1. The number of aromatic amines is 1. The van der Waals surface area contributed by atoms with Crippen molar-refractivity contribution in [3.05, 3.63) is 34.2 Å². The van der Waals surface area contributed by atoms with E-state index in [0.717, 1.165) is 11.0 Å². The van der Waals surface area contributed by atoms with Gasteiger partial charge in [-0.2, -0.15) is 0 Å². The van der Waals surface area contributed by atoms with Crippen LogP contribution in [0.1, 0.15) is 5.56 Å². The molecular weight excluding hydrogens is 180 g/mol. The number of imidazole rings is 1. The zero-order chi connectivity index (χ0) is 10.3. The van der Waals surface area contributed by atoms with Crippen LogP contribution >= 0.6 is 0 Å². The molecule has 0 bridgehead atoms. The number of nitrogen functional groups attached to an aromatic ring is 1. The molecule has 1 heterocycles. The van der Waals surface area contributed by atoms with Crippen LogP contribution in [0.3, 0.4) is 0 Å². The smallest absolute Gasteiger partial charge is 0.326 e. The van der Waals surface area contributed by atoms with Gasteiger partial charge in [0.1, 0.15) is 5.84 Å². The average molecular weight is 190 g/mol. The highest BCUT2D eigenvalue weighted by molar-refractivity contribution is 5.97. The molecule has 14 heavy (non-hydrogen) atoms. The van der Waals surface area contributed by atoms with Crippen LogP contribution in [0.4, 0.5) is 0 Å². The lowest BCUT2D eigenvalue weighted by molar-refractivity contribution is 0.891. The summed E-state index contributed by atoms with van der Waals surface area (Å²) in [6.45, 7) is 0. The Labute approximate surface area is 79.7 Å². The molecule has 0 unspecified atom stereocenters. The Kier molecular flexibility index (Phi) is 1.67. The minimum atomic E-state index is -0.166. The number of nitrogens with zero attached hydrogens (tertiary/aromatic N) is 1. The Balaban J connectivity index is 2.82. The van der Waals surface area contributed by atoms with Gasteiger partial charge in [0, 0.05) is 12.6 Å². The fourth-order valence-corrected chi connectivity index (χ4v) is 1.39. The largest absolute Gasteiger partial charge is 0.384 e. The predicted octanol–water partition coefficient (Wildman–Crippen LogP) is 0.151. The van der Waals surface area contributed by atoms with Gasteiger partial charge >= 0.3 is 5.69 Å². The standard InChI is InChI=1S/C9H10N4O/c1-13-7-4-5(8(10)11)2-3-6(7)12-9(13)14/h2-4H,1H3,(H3,10,11)(H,12,14). The molecule has 0 saturated heterocycles. The number of nitrogens with one attached hydrogen (secondary N) is 2. The van der Waals surface area contributed by atoms with Gasteiger partial charge in [0.15, 0.2) is 0 Å². The van der Waals surface area contributed by atoms with Crippen LogP contribution in [-0.4, -0.2) is 15.4 Å². The summed E-state index contributed by atoms with van der Waals surface area (Å²) in [6.07, 6.45) is 0. The van der Waals surface area contributed by atoms with Gasteiger partial charge in [-0.05, 0) is 18.2 Å². The maximum atomic E-state index is 11.2. The summed E-state index contributed by atoms with van der Waals surface area (Å²) < 4.78 is 1.49. The number of aromatic nitrogens is 2. The van der Waals surface area contributed by atoms with E-state index in [1.807, 2.05) is 0 Å². The van der Waals surface area contributed by atoms with Gasteiger partial charge in [-0.1, -0.05) is 0 Å². The first kappa shape index (κ1) is 8.55. The first-order valence-electron chi connectivity index (χ1n) is 4.13. The molecule has 4 N–H and O–H groups in total. The lowest BCUT2D eigenvalue weighted by Gasteiger charge is -1.98. The highest BCUT2D eigenvalue weighted by Gasteiger charge is 2.04. The minimum absolute atomic E-state index is 0.000508. The molecule has 0 aliphatic rings. The summed E-state index contributed by atoms with van der Waals surface area (Å²) in [6, 6.07) is 5.17. The van der Waals surface area contributed by atoms with Gasteiger partial charge in [0.2, 0.25) is 0 Å². The van der Waals surface area contributed by atoms with Crippen LogP contribution in [0.15, 0.2) is 23.0 Å². The number of nitrogens with two attached hydrogens (primary N) is 1. The van der Waals surface area contributed by atoms with Crippen molar-refractivity contribution < 1.29 is 0 Å². The maximum Gasteiger partial charge on any atom is 0.326 e. The molecule has 0 aliphatic carbocycles. The molecule has 1 aromatic carbocycles. The lowest BCUT2D eigenvalue weighted by Crippen LogP contribution is -2.13. The Morgan fingerprint density at radius 3 is 2.93 bits per heavy atom. The molecule has 0 fully saturated rings. The summed E-state index contributed by atoms with van der Waals surface area (Å²) in [5.41, 5.74) is 7.30. The van der Waals surface area contributed by atoms with Gasteiger partial charge in [0.05, 0.1) is 11.0 Å². The number of rotatable bonds is 1. The zero-order valence-corrected chi connectivity index (χ0v) is 7.66. The Bertz CT molecular complexity index is 564. The third-order valence-electron chi connectivity index (χ3n) is 2.22. The van der Waals surface area contributed by atoms with Crippen molar-refractivity contribution in [3.63, 3.8) is 0 Å². The van der Waals surface area contributed by atoms with E-state index in [1.54, 1.807) is 25.2 Å². The van der Waals surface area contributed by atoms with Crippen molar-refractivity contribution in [2.75, 3.05) is 0 Å². The molecule has 0 atom stereocenters. The third kappa shape index (κ3) is 1.10. The van der Waals surface area contributed by atoms with E-state index in [-0.39, 0.29) is 11.5 Å². The molecule has 0 radical (unpaired) electrons. The van der Waals surface area contributed by atoms with Crippen LogP contribution < -0.4 is 11.4 Å². The summed E-state index contributed by atoms with van der Waals surface area (Å²) in [5, 5.41) is 7.27. The van der Waals surface area contributed by atoms with Crippen molar-refractivity contribution >= 4 is 16.9 Å². The molecule has 0 amide bonds. The zero-order valence-electron chi connectivity index (χ0n) is 7.66. The second-order valence-electron chi connectivity index (χ2n) is 3.13.